The lowest BCUT2D eigenvalue weighted by molar-refractivity contribution is -0.127. The highest BCUT2D eigenvalue weighted by Gasteiger charge is 2.15. The largest absolute Gasteiger partial charge is 0.488 e. The molecule has 26 heavy (non-hydrogen) atoms. The number of nitrogens with one attached hydrogen (secondary N) is 2. The molecule has 0 saturated heterocycles. The topological polar surface area (TPSA) is 66.0 Å². The Morgan fingerprint density at radius 2 is 1.88 bits per heavy atom. The van der Waals surface area contributed by atoms with Crippen molar-refractivity contribution in [3.8, 4) is 5.75 Å². The summed E-state index contributed by atoms with van der Waals surface area (Å²) >= 11 is 0. The van der Waals surface area contributed by atoms with Gasteiger partial charge in [-0.05, 0) is 46.2 Å². The number of ether oxygens (including phenoxy) is 1. The SMILES string of the molecule is CCNC(=NCc1ccc(C)cc1OC(C)(C)C)NCC(=O)N(C)C.I. The highest BCUT2D eigenvalue weighted by atomic mass is 127. The number of carbonyl (C=O) groups is 1. The van der Waals surface area contributed by atoms with E-state index in [4.69, 9.17) is 4.74 Å². The number of rotatable bonds is 6. The second kappa shape index (κ2) is 11.3. The summed E-state index contributed by atoms with van der Waals surface area (Å²) < 4.78 is 6.06. The molecule has 1 amide bonds. The quantitative estimate of drug-likeness (QED) is 0.377. The zero-order valence-electron chi connectivity index (χ0n) is 17.0. The fourth-order valence-electron chi connectivity index (χ4n) is 2.04. The van der Waals surface area contributed by atoms with Gasteiger partial charge in [-0.25, -0.2) is 4.99 Å². The van der Waals surface area contributed by atoms with Crippen LogP contribution in [0.15, 0.2) is 23.2 Å². The van der Waals surface area contributed by atoms with Crippen LogP contribution in [0.25, 0.3) is 0 Å². The Morgan fingerprint density at radius 3 is 2.42 bits per heavy atom. The lowest BCUT2D eigenvalue weighted by atomic mass is 10.1. The van der Waals surface area contributed by atoms with Crippen molar-refractivity contribution in [3.05, 3.63) is 29.3 Å². The van der Waals surface area contributed by atoms with E-state index in [9.17, 15) is 4.79 Å². The van der Waals surface area contributed by atoms with E-state index in [0.29, 0.717) is 12.5 Å². The molecule has 0 bridgehead atoms. The molecule has 0 radical (unpaired) electrons. The third-order valence-electron chi connectivity index (χ3n) is 3.30. The molecule has 0 spiro atoms. The van der Waals surface area contributed by atoms with Crippen molar-refractivity contribution in [2.24, 2.45) is 4.99 Å². The van der Waals surface area contributed by atoms with Gasteiger partial charge in [0.15, 0.2) is 5.96 Å². The molecule has 6 nitrogen and oxygen atoms in total. The summed E-state index contributed by atoms with van der Waals surface area (Å²) in [7, 11) is 3.47. The van der Waals surface area contributed by atoms with Gasteiger partial charge in [0.25, 0.3) is 0 Å². The average Bonchev–Trinajstić information content (AvgIpc) is 2.49. The maximum absolute atomic E-state index is 11.7. The molecule has 148 valence electrons. The fourth-order valence-corrected chi connectivity index (χ4v) is 2.04. The predicted molar refractivity (Wildman–Crippen MR) is 118 cm³/mol. The highest BCUT2D eigenvalue weighted by Crippen LogP contribution is 2.25. The monoisotopic (exact) mass is 476 g/mol. The number of hydrogen-bond acceptors (Lipinski definition) is 3. The zero-order chi connectivity index (χ0) is 19.0. The minimum absolute atomic E-state index is 0. The maximum Gasteiger partial charge on any atom is 0.241 e. The number of hydrogen-bond donors (Lipinski definition) is 2. The van der Waals surface area contributed by atoms with Crippen LogP contribution in [-0.2, 0) is 11.3 Å². The van der Waals surface area contributed by atoms with Crippen LogP contribution in [-0.4, -0.2) is 49.6 Å². The van der Waals surface area contributed by atoms with E-state index in [1.54, 1.807) is 19.0 Å². The summed E-state index contributed by atoms with van der Waals surface area (Å²) in [6.07, 6.45) is 0. The Balaban J connectivity index is 0.00000625. The molecular weight excluding hydrogens is 443 g/mol. The number of benzene rings is 1. The molecule has 0 aliphatic carbocycles. The molecule has 0 aromatic heterocycles. The first-order valence-corrected chi connectivity index (χ1v) is 8.63. The summed E-state index contributed by atoms with van der Waals surface area (Å²) in [6.45, 7) is 11.5. The molecule has 1 rings (SSSR count). The van der Waals surface area contributed by atoms with Gasteiger partial charge in [0.1, 0.15) is 11.4 Å². The number of likely N-dealkylation sites (N-methyl/N-ethyl adjacent to an activating group) is 1. The van der Waals surface area contributed by atoms with E-state index in [1.807, 2.05) is 46.8 Å². The van der Waals surface area contributed by atoms with Gasteiger partial charge in [-0.1, -0.05) is 12.1 Å². The predicted octanol–water partition coefficient (Wildman–Crippen LogP) is 2.93. The second-order valence-corrected chi connectivity index (χ2v) is 7.16. The van der Waals surface area contributed by atoms with Gasteiger partial charge >= 0.3 is 0 Å². The third kappa shape index (κ3) is 9.26. The Bertz CT molecular complexity index is 610. The van der Waals surface area contributed by atoms with Crippen LogP contribution in [0.2, 0.25) is 0 Å². The zero-order valence-corrected chi connectivity index (χ0v) is 19.3. The molecule has 2 N–H and O–H groups in total. The minimum atomic E-state index is -0.271. The fraction of sp³-hybridized carbons (Fsp3) is 0.579. The summed E-state index contributed by atoms with van der Waals surface area (Å²) in [5.74, 6) is 1.45. The lowest BCUT2D eigenvalue weighted by Gasteiger charge is -2.23. The summed E-state index contributed by atoms with van der Waals surface area (Å²) in [5, 5.41) is 6.21. The van der Waals surface area contributed by atoms with Crippen LogP contribution in [0.3, 0.4) is 0 Å². The van der Waals surface area contributed by atoms with Crippen molar-refractivity contribution in [3.63, 3.8) is 0 Å². The molecule has 0 fully saturated rings. The van der Waals surface area contributed by atoms with E-state index in [2.05, 4.69) is 21.7 Å². The van der Waals surface area contributed by atoms with Crippen LogP contribution in [0.4, 0.5) is 0 Å². The second-order valence-electron chi connectivity index (χ2n) is 7.16. The van der Waals surface area contributed by atoms with Crippen LogP contribution in [0.5, 0.6) is 5.75 Å². The van der Waals surface area contributed by atoms with Gasteiger partial charge in [-0.3, -0.25) is 4.79 Å². The van der Waals surface area contributed by atoms with E-state index in [1.165, 1.54) is 0 Å². The van der Waals surface area contributed by atoms with E-state index in [-0.39, 0.29) is 42.0 Å². The normalized spacial score (nSPS) is 11.4. The maximum atomic E-state index is 11.7. The molecule has 7 heteroatoms. The molecule has 0 aliphatic rings. The number of nitrogens with zero attached hydrogens (tertiary/aromatic N) is 2. The summed E-state index contributed by atoms with van der Waals surface area (Å²) in [6, 6.07) is 6.12. The van der Waals surface area contributed by atoms with Crippen molar-refractivity contribution in [1.29, 1.82) is 0 Å². The van der Waals surface area contributed by atoms with Gasteiger partial charge in [-0.2, -0.15) is 0 Å². The molecular formula is C19H33IN4O2. The number of aliphatic imine (C=N–C) groups is 1. The molecule has 0 atom stereocenters. The average molecular weight is 476 g/mol. The summed E-state index contributed by atoms with van der Waals surface area (Å²) in [5.41, 5.74) is 1.89. The number of halogens is 1. The van der Waals surface area contributed by atoms with Crippen molar-refractivity contribution in [2.45, 2.75) is 46.8 Å². The molecule has 0 aliphatic heterocycles. The Kier molecular flexibility index (Phi) is 10.6. The van der Waals surface area contributed by atoms with Crippen molar-refractivity contribution < 1.29 is 9.53 Å². The smallest absolute Gasteiger partial charge is 0.241 e. The van der Waals surface area contributed by atoms with Crippen LogP contribution in [0, 0.1) is 6.92 Å². The first kappa shape index (κ1) is 24.5. The molecule has 0 heterocycles. The van der Waals surface area contributed by atoms with E-state index < -0.39 is 0 Å². The third-order valence-corrected chi connectivity index (χ3v) is 3.30. The first-order valence-electron chi connectivity index (χ1n) is 8.63. The summed E-state index contributed by atoms with van der Waals surface area (Å²) in [4.78, 5) is 17.9. The Labute approximate surface area is 174 Å². The van der Waals surface area contributed by atoms with Gasteiger partial charge < -0.3 is 20.3 Å². The molecule has 0 unspecified atom stereocenters. The van der Waals surface area contributed by atoms with Gasteiger partial charge in [-0.15, -0.1) is 24.0 Å². The Hall–Kier alpha value is -1.51. The lowest BCUT2D eigenvalue weighted by Crippen LogP contribution is -2.42. The number of carbonyl (C=O) groups excluding carboxylic acids is 1. The van der Waals surface area contributed by atoms with Crippen molar-refractivity contribution >= 4 is 35.8 Å². The van der Waals surface area contributed by atoms with Crippen molar-refractivity contribution in [1.82, 2.24) is 15.5 Å². The number of aryl methyl sites for hydroxylation is 1. The number of guanidine groups is 1. The molecule has 0 saturated carbocycles. The van der Waals surface area contributed by atoms with E-state index >= 15 is 0 Å². The Morgan fingerprint density at radius 1 is 1.23 bits per heavy atom. The van der Waals surface area contributed by atoms with E-state index in [0.717, 1.165) is 23.4 Å². The van der Waals surface area contributed by atoms with Crippen LogP contribution >= 0.6 is 24.0 Å². The molecule has 1 aromatic carbocycles. The van der Waals surface area contributed by atoms with Gasteiger partial charge in [0, 0.05) is 26.2 Å². The minimum Gasteiger partial charge on any atom is -0.488 e. The number of amides is 1. The molecule has 1 aromatic rings. The standard InChI is InChI=1S/C19H32N4O2.HI/c1-8-20-18(22-13-17(24)23(6)7)21-12-15-10-9-14(2)11-16(15)25-19(3,4)5;/h9-11H,8,12-13H2,1-7H3,(H2,20,21,22);1H. The van der Waals surface area contributed by atoms with Gasteiger partial charge in [0.2, 0.25) is 5.91 Å². The van der Waals surface area contributed by atoms with Crippen LogP contribution in [0.1, 0.15) is 38.8 Å². The first-order chi connectivity index (χ1) is 11.6. The highest BCUT2D eigenvalue weighted by molar-refractivity contribution is 14.0. The van der Waals surface area contributed by atoms with Crippen LogP contribution < -0.4 is 15.4 Å². The van der Waals surface area contributed by atoms with Gasteiger partial charge in [0.05, 0.1) is 13.1 Å². The van der Waals surface area contributed by atoms with Crippen molar-refractivity contribution in [2.75, 3.05) is 27.2 Å².